The van der Waals surface area contributed by atoms with Crippen LogP contribution in [0.15, 0.2) is 41.8 Å². The molecule has 4 heteroatoms. The summed E-state index contributed by atoms with van der Waals surface area (Å²) in [6.07, 6.45) is 0.998. The van der Waals surface area contributed by atoms with Crippen LogP contribution in [0.2, 0.25) is 0 Å². The molecule has 0 aliphatic rings. The molecule has 0 aliphatic heterocycles. The van der Waals surface area contributed by atoms with E-state index in [1.165, 1.54) is 10.4 Å². The van der Waals surface area contributed by atoms with Crippen LogP contribution < -0.4 is 10.1 Å². The number of thiophene rings is 1. The molecule has 0 aliphatic carbocycles. The van der Waals surface area contributed by atoms with E-state index in [4.69, 9.17) is 4.74 Å². The van der Waals surface area contributed by atoms with Gasteiger partial charge in [0.2, 0.25) is 0 Å². The molecule has 22 heavy (non-hydrogen) atoms. The van der Waals surface area contributed by atoms with Crippen molar-refractivity contribution in [2.75, 3.05) is 6.61 Å². The monoisotopic (exact) mass is 317 g/mol. The van der Waals surface area contributed by atoms with Crippen LogP contribution in [-0.2, 0) is 11.2 Å². The lowest BCUT2D eigenvalue weighted by atomic mass is 10.0. The van der Waals surface area contributed by atoms with E-state index in [2.05, 4.69) is 32.2 Å². The predicted molar refractivity (Wildman–Crippen MR) is 91.4 cm³/mol. The van der Waals surface area contributed by atoms with E-state index in [-0.39, 0.29) is 18.6 Å². The van der Waals surface area contributed by atoms with E-state index in [9.17, 15) is 4.79 Å². The zero-order valence-corrected chi connectivity index (χ0v) is 14.2. The molecule has 2 rings (SSSR count). The van der Waals surface area contributed by atoms with Gasteiger partial charge in [-0.1, -0.05) is 39.0 Å². The zero-order valence-electron chi connectivity index (χ0n) is 13.3. The topological polar surface area (TPSA) is 38.3 Å². The molecule has 0 radical (unpaired) electrons. The van der Waals surface area contributed by atoms with Crippen LogP contribution in [0.4, 0.5) is 0 Å². The highest BCUT2D eigenvalue weighted by molar-refractivity contribution is 7.10. The zero-order chi connectivity index (χ0) is 15.9. The maximum Gasteiger partial charge on any atom is 0.258 e. The Morgan fingerprint density at radius 1 is 1.23 bits per heavy atom. The van der Waals surface area contributed by atoms with Crippen molar-refractivity contribution in [1.82, 2.24) is 5.32 Å². The van der Waals surface area contributed by atoms with E-state index in [0.717, 1.165) is 12.2 Å². The Balaban J connectivity index is 1.88. The lowest BCUT2D eigenvalue weighted by Gasteiger charge is -2.21. The molecule has 1 atom stereocenters. The molecule has 0 fully saturated rings. The Morgan fingerprint density at radius 2 is 1.95 bits per heavy atom. The predicted octanol–water partition coefficient (Wildman–Crippen LogP) is 4.20. The second-order valence-electron chi connectivity index (χ2n) is 5.59. The maximum atomic E-state index is 12.1. The molecule has 0 bridgehead atoms. The van der Waals surface area contributed by atoms with Gasteiger partial charge in [0.15, 0.2) is 6.61 Å². The van der Waals surface area contributed by atoms with Gasteiger partial charge in [0.1, 0.15) is 5.75 Å². The number of hydrogen-bond acceptors (Lipinski definition) is 3. The van der Waals surface area contributed by atoms with Crippen molar-refractivity contribution in [1.29, 1.82) is 0 Å². The van der Waals surface area contributed by atoms with Gasteiger partial charge in [0.25, 0.3) is 5.91 Å². The number of carbonyl (C=O) groups is 1. The van der Waals surface area contributed by atoms with E-state index in [1.807, 2.05) is 35.7 Å². The lowest BCUT2D eigenvalue weighted by Crippen LogP contribution is -2.34. The summed E-state index contributed by atoms with van der Waals surface area (Å²) in [6.45, 7) is 6.37. The smallest absolute Gasteiger partial charge is 0.258 e. The average Bonchev–Trinajstić information content (AvgIpc) is 3.04. The third-order valence-electron chi connectivity index (χ3n) is 3.53. The van der Waals surface area contributed by atoms with Crippen LogP contribution in [0.25, 0.3) is 0 Å². The van der Waals surface area contributed by atoms with Gasteiger partial charge in [0.05, 0.1) is 6.04 Å². The number of amides is 1. The van der Waals surface area contributed by atoms with Crippen LogP contribution in [0.3, 0.4) is 0 Å². The second kappa shape index (κ2) is 7.99. The summed E-state index contributed by atoms with van der Waals surface area (Å²) < 4.78 is 5.56. The van der Waals surface area contributed by atoms with Crippen molar-refractivity contribution >= 4 is 17.2 Å². The molecule has 0 saturated carbocycles. The first-order valence-electron chi connectivity index (χ1n) is 7.64. The number of nitrogens with one attached hydrogen (secondary N) is 1. The Morgan fingerprint density at radius 3 is 2.50 bits per heavy atom. The van der Waals surface area contributed by atoms with Gasteiger partial charge in [-0.25, -0.2) is 0 Å². The molecule has 3 nitrogen and oxygen atoms in total. The van der Waals surface area contributed by atoms with Gasteiger partial charge in [0, 0.05) is 4.88 Å². The largest absolute Gasteiger partial charge is 0.484 e. The summed E-state index contributed by atoms with van der Waals surface area (Å²) in [5.41, 5.74) is 1.26. The normalized spacial score (nSPS) is 12.2. The summed E-state index contributed by atoms with van der Waals surface area (Å²) in [7, 11) is 0. The fraction of sp³-hybridized carbons (Fsp3) is 0.389. The molecule has 2 aromatic rings. The molecule has 1 N–H and O–H groups in total. The molecule has 1 aromatic heterocycles. The number of benzene rings is 1. The van der Waals surface area contributed by atoms with Crippen LogP contribution in [0.1, 0.15) is 37.3 Å². The highest BCUT2D eigenvalue weighted by Gasteiger charge is 2.19. The van der Waals surface area contributed by atoms with Crippen molar-refractivity contribution in [3.63, 3.8) is 0 Å². The Hall–Kier alpha value is -1.81. The summed E-state index contributed by atoms with van der Waals surface area (Å²) in [5, 5.41) is 5.09. The summed E-state index contributed by atoms with van der Waals surface area (Å²) in [5.74, 6) is 0.975. The standard InChI is InChI=1S/C18H23NO2S/c1-4-14-7-9-15(10-8-14)21-12-17(20)19-18(13(2)3)16-6-5-11-22-16/h5-11,13,18H,4,12H2,1-3H3,(H,19,20)/t18-/m0/s1. The van der Waals surface area contributed by atoms with E-state index in [1.54, 1.807) is 11.3 Å². The minimum Gasteiger partial charge on any atom is -0.484 e. The van der Waals surface area contributed by atoms with Crippen molar-refractivity contribution in [2.24, 2.45) is 5.92 Å². The molecule has 1 heterocycles. The van der Waals surface area contributed by atoms with Gasteiger partial charge in [-0.05, 0) is 41.5 Å². The minimum atomic E-state index is -0.0910. The van der Waals surface area contributed by atoms with Crippen molar-refractivity contribution in [3.05, 3.63) is 52.2 Å². The quantitative estimate of drug-likeness (QED) is 0.831. The Labute approximate surface area is 136 Å². The molecule has 0 spiro atoms. The van der Waals surface area contributed by atoms with Gasteiger partial charge in [-0.3, -0.25) is 4.79 Å². The average molecular weight is 317 g/mol. The first-order valence-corrected chi connectivity index (χ1v) is 8.52. The second-order valence-corrected chi connectivity index (χ2v) is 6.57. The minimum absolute atomic E-state index is 0.0403. The van der Waals surface area contributed by atoms with Gasteiger partial charge in [-0.15, -0.1) is 11.3 Å². The molecule has 1 amide bonds. The highest BCUT2D eigenvalue weighted by Crippen LogP contribution is 2.25. The SMILES string of the molecule is CCc1ccc(OCC(=O)N[C@H](c2cccs2)C(C)C)cc1. The fourth-order valence-corrected chi connectivity index (χ4v) is 3.17. The molecule has 0 saturated heterocycles. The molecule has 118 valence electrons. The van der Waals surface area contributed by atoms with Gasteiger partial charge >= 0.3 is 0 Å². The molecule has 0 unspecified atom stereocenters. The number of aryl methyl sites for hydroxylation is 1. The van der Waals surface area contributed by atoms with E-state index >= 15 is 0 Å². The van der Waals surface area contributed by atoms with Crippen molar-refractivity contribution in [3.8, 4) is 5.75 Å². The van der Waals surface area contributed by atoms with E-state index < -0.39 is 0 Å². The fourth-order valence-electron chi connectivity index (χ4n) is 2.22. The number of hydrogen-bond donors (Lipinski definition) is 1. The Bertz CT molecular complexity index is 576. The Kier molecular flexibility index (Phi) is 6.01. The summed E-state index contributed by atoms with van der Waals surface area (Å²) >= 11 is 1.66. The van der Waals surface area contributed by atoms with Crippen LogP contribution >= 0.6 is 11.3 Å². The summed E-state index contributed by atoms with van der Waals surface area (Å²) in [4.78, 5) is 13.3. The van der Waals surface area contributed by atoms with Gasteiger partial charge < -0.3 is 10.1 Å². The summed E-state index contributed by atoms with van der Waals surface area (Å²) in [6, 6.07) is 12.0. The first kappa shape index (κ1) is 16.6. The lowest BCUT2D eigenvalue weighted by molar-refractivity contribution is -0.124. The molecular formula is C18H23NO2S. The molecular weight excluding hydrogens is 294 g/mol. The third kappa shape index (κ3) is 4.60. The highest BCUT2D eigenvalue weighted by atomic mass is 32.1. The molecule has 1 aromatic carbocycles. The van der Waals surface area contributed by atoms with E-state index in [0.29, 0.717) is 5.92 Å². The van der Waals surface area contributed by atoms with Gasteiger partial charge in [-0.2, -0.15) is 0 Å². The number of rotatable bonds is 7. The number of ether oxygens (including phenoxy) is 1. The van der Waals surface area contributed by atoms with Crippen LogP contribution in [0, 0.1) is 5.92 Å². The number of carbonyl (C=O) groups excluding carboxylic acids is 1. The van der Waals surface area contributed by atoms with Crippen molar-refractivity contribution < 1.29 is 9.53 Å². The maximum absolute atomic E-state index is 12.1. The van der Waals surface area contributed by atoms with Crippen LogP contribution in [0.5, 0.6) is 5.75 Å². The third-order valence-corrected chi connectivity index (χ3v) is 4.49. The van der Waals surface area contributed by atoms with Crippen molar-refractivity contribution in [2.45, 2.75) is 33.2 Å². The first-order chi connectivity index (χ1) is 10.6. The van der Waals surface area contributed by atoms with Crippen LogP contribution in [-0.4, -0.2) is 12.5 Å².